The Hall–Kier alpha value is -10.7. The van der Waals surface area contributed by atoms with Crippen LogP contribution in [-0.2, 0) is 43.9 Å². The van der Waals surface area contributed by atoms with Crippen molar-refractivity contribution in [3.8, 4) is 22.0 Å². The number of thiophene rings is 1. The Labute approximate surface area is 823 Å². The van der Waals surface area contributed by atoms with Crippen molar-refractivity contribution in [1.82, 2.24) is 63.4 Å². The largest absolute Gasteiger partial charge is 0.494 e. The van der Waals surface area contributed by atoms with E-state index >= 15 is 0 Å². The van der Waals surface area contributed by atoms with Gasteiger partial charge >= 0.3 is 0 Å². The van der Waals surface area contributed by atoms with Gasteiger partial charge in [-0.05, 0) is 257 Å². The van der Waals surface area contributed by atoms with E-state index in [2.05, 4.69) is 113 Å². The first-order valence-electron chi connectivity index (χ1n) is 46.5. The fraction of sp³-hybridized carbons (Fsp3) is 0.353. The third kappa shape index (κ3) is 27.2. The van der Waals surface area contributed by atoms with Crippen molar-refractivity contribution >= 4 is 177 Å². The zero-order chi connectivity index (χ0) is 96.7. The highest BCUT2D eigenvalue weighted by Crippen LogP contribution is 2.39. The first-order valence-corrected chi connectivity index (χ1v) is 53.3. The normalized spacial score (nSPS) is 12.3. The van der Waals surface area contributed by atoms with Gasteiger partial charge in [0.15, 0.2) is 34.7 Å². The van der Waals surface area contributed by atoms with Crippen molar-refractivity contribution in [2.75, 3.05) is 146 Å². The van der Waals surface area contributed by atoms with E-state index in [9.17, 15) is 25.3 Å². The molecule has 15 rings (SSSR count). The van der Waals surface area contributed by atoms with E-state index in [1.807, 2.05) is 42.6 Å². The minimum Gasteiger partial charge on any atom is -0.494 e. The lowest BCUT2D eigenvalue weighted by Crippen LogP contribution is -2.24. The van der Waals surface area contributed by atoms with Gasteiger partial charge < -0.3 is 55.1 Å². The second kappa shape index (κ2) is 51.1. The zero-order valence-electron chi connectivity index (χ0n) is 78.6. The Bertz CT molecular complexity index is 6710. The summed E-state index contributed by atoms with van der Waals surface area (Å²) in [6.07, 6.45) is 9.84. The average Bonchev–Trinajstić information content (AvgIpc) is 1.61. The second-order valence-corrected chi connectivity index (χ2v) is 40.2. The lowest BCUT2D eigenvalue weighted by atomic mass is 10.2. The monoisotopic (exact) mass is 2000 g/mol. The summed E-state index contributed by atoms with van der Waals surface area (Å²) in [7, 11) is -11.5. The van der Waals surface area contributed by atoms with Gasteiger partial charge in [0, 0.05) is 31.6 Å². The third-order valence-electron chi connectivity index (χ3n) is 23.2. The van der Waals surface area contributed by atoms with E-state index in [1.165, 1.54) is 16.1 Å². The topological polar surface area (TPSA) is 299 Å². The van der Waals surface area contributed by atoms with E-state index in [1.54, 1.807) is 169 Å². The van der Waals surface area contributed by atoms with Crippen LogP contribution in [0.5, 0.6) is 0 Å². The number of nitrogens with one attached hydrogen (secondary N) is 4. The summed E-state index contributed by atoms with van der Waals surface area (Å²) in [5, 5.41) is 18.2. The van der Waals surface area contributed by atoms with Crippen LogP contribution in [0.4, 0.5) is 23.3 Å². The summed E-state index contributed by atoms with van der Waals surface area (Å²) >= 11 is 26.1. The number of para-hydroxylation sites is 1. The van der Waals surface area contributed by atoms with Gasteiger partial charge in [-0.15, -0.1) is 11.3 Å². The van der Waals surface area contributed by atoms with Gasteiger partial charge in [0.2, 0.25) is 19.7 Å². The molecule has 0 spiro atoms. The number of aromatic nitrogens is 9. The molecule has 0 unspecified atom stereocenters. The quantitative estimate of drug-likeness (QED) is 0.0204. The second-order valence-electron chi connectivity index (χ2n) is 32.0. The first kappa shape index (κ1) is 104. The molecule has 8 aromatic carbocycles. The number of halogens is 4. The molecule has 14 aromatic rings. The molecule has 0 atom stereocenters. The van der Waals surface area contributed by atoms with Gasteiger partial charge in [0.25, 0.3) is 10.0 Å². The molecular weight excluding hydrogens is 1880 g/mol. The number of nitrogens with zero attached hydrogens (tertiary/aromatic N) is 13. The van der Waals surface area contributed by atoms with E-state index < -0.39 is 29.7 Å². The van der Waals surface area contributed by atoms with Crippen molar-refractivity contribution in [1.29, 1.82) is 0 Å². The predicted octanol–water partition coefficient (Wildman–Crippen LogP) is 22.9. The molecule has 1 aliphatic heterocycles. The highest BCUT2D eigenvalue weighted by molar-refractivity contribution is 7.92. The number of ether oxygens (including phenoxy) is 3. The number of unbranched alkanes of at least 4 members (excludes halogenated alkanes) is 4. The average molecular weight is 2000 g/mol. The maximum absolute atomic E-state index is 14.2. The molecular formula is C102H121Cl4N17O9S4. The number of hydrogen-bond acceptors (Lipinski definition) is 26. The summed E-state index contributed by atoms with van der Waals surface area (Å²) in [5.74, 6) is 3.43. The fourth-order valence-electron chi connectivity index (χ4n) is 15.4. The summed E-state index contributed by atoms with van der Waals surface area (Å²) < 4.78 is 99.5. The van der Waals surface area contributed by atoms with Crippen molar-refractivity contribution in [2.45, 2.75) is 138 Å². The molecule has 720 valence electrons. The number of anilines is 4. The van der Waals surface area contributed by atoms with Gasteiger partial charge in [-0.2, -0.15) is 0 Å². The molecule has 0 amide bonds. The lowest BCUT2D eigenvalue weighted by molar-refractivity contribution is 0.125. The first-order chi connectivity index (χ1) is 65.9. The van der Waals surface area contributed by atoms with Crippen LogP contribution < -0.4 is 21.3 Å². The Morgan fingerprint density at radius 2 is 0.779 bits per heavy atom. The standard InChI is InChI=1S/C36H37N5O4S2.C26H30N4O2S2.C20H26Cl2N4O2.C20H28Cl2N4O/c1-3-40(4-2)24-14-13-23-37-36-35(38-31-22-21-30(26-32(31)39-36)46(42,43)28-16-7-5-8-17-28)34-25-27-15-11-12-20-33(27)41(34)47(44,45)29-18-9-6-10-19-29;1-3-30(4-2)17-9-8-16-27-26-25(24-13-10-18-33-24)28-22-15-14-21(19-23(22)29-26)34(31,32)20-11-6-5-7-12-20;1-3-26(4-2)8-6-5-7-23-20-19(18-13-27-9-10-28-18)24-16-11-14(21)15(22)12-17(16)25-20;1-5-26(6-2)11-9-8-10-23-20-19(14(4)27-7-3)24-17-12-15(21)16(22)13-18(17)25-20/h5-12,15-22,25-26H,3-4,13-14,23-24H2,1-2H3,(H,37,39);5-7,10-15,18-19H,3-4,8-9,16-17H2,1-2H3,(H,27,29);11-13H,3-10H2,1-2H3,(H,23,25);12-13H,4-11H2,1-3H3,(H,23,25). The Morgan fingerprint density at radius 1 is 0.397 bits per heavy atom. The van der Waals surface area contributed by atoms with Gasteiger partial charge in [0.05, 0.1) is 111 Å². The van der Waals surface area contributed by atoms with Crippen LogP contribution >= 0.6 is 57.7 Å². The molecule has 0 aliphatic carbocycles. The third-order valence-corrected chi connectivity index (χ3v) is 30.8. The van der Waals surface area contributed by atoms with Crippen LogP contribution in [0.3, 0.4) is 0 Å². The maximum atomic E-state index is 14.2. The summed E-state index contributed by atoms with van der Waals surface area (Å²) in [6, 6.07) is 54.7. The molecule has 6 aromatic heterocycles. The number of hydrogen-bond donors (Lipinski definition) is 4. The van der Waals surface area contributed by atoms with Crippen LogP contribution in [0, 0.1) is 0 Å². The molecule has 4 N–H and O–H groups in total. The van der Waals surface area contributed by atoms with Gasteiger partial charge in [-0.25, -0.2) is 69.1 Å². The Morgan fingerprint density at radius 3 is 1.21 bits per heavy atom. The smallest absolute Gasteiger partial charge is 0.268 e. The predicted molar refractivity (Wildman–Crippen MR) is 558 cm³/mol. The number of benzene rings is 8. The van der Waals surface area contributed by atoms with Crippen molar-refractivity contribution in [3.63, 3.8) is 0 Å². The maximum Gasteiger partial charge on any atom is 0.268 e. The zero-order valence-corrected chi connectivity index (χ0v) is 84.9. The van der Waals surface area contributed by atoms with Gasteiger partial charge in [0.1, 0.15) is 42.3 Å². The van der Waals surface area contributed by atoms with Crippen LogP contribution in [0.25, 0.3) is 88.5 Å². The lowest BCUT2D eigenvalue weighted by Gasteiger charge is -2.19. The molecule has 1 aliphatic rings. The number of rotatable bonds is 44. The van der Waals surface area contributed by atoms with Crippen LogP contribution in [0.2, 0.25) is 20.1 Å². The highest BCUT2D eigenvalue weighted by Gasteiger charge is 2.29. The molecule has 136 heavy (non-hydrogen) atoms. The van der Waals surface area contributed by atoms with E-state index in [-0.39, 0.29) is 24.5 Å². The summed E-state index contributed by atoms with van der Waals surface area (Å²) in [4.78, 5) is 49.8. The van der Waals surface area contributed by atoms with Gasteiger partial charge in [-0.1, -0.05) is 187 Å². The molecule has 34 heteroatoms. The fourth-order valence-corrected chi connectivity index (χ4v) is 20.9. The van der Waals surface area contributed by atoms with Crippen molar-refractivity contribution in [2.24, 2.45) is 0 Å². The molecule has 26 nitrogen and oxygen atoms in total. The molecule has 0 saturated carbocycles. The van der Waals surface area contributed by atoms with Crippen LogP contribution in [-0.4, -0.2) is 213 Å². The summed E-state index contributed by atoms with van der Waals surface area (Å²) in [6.45, 7) is 40.5. The molecule has 0 bridgehead atoms. The molecule has 0 saturated heterocycles. The number of fused-ring (bicyclic) bond motifs is 5. The SMILES string of the molecule is C=C(OCC)c1nc2cc(Cl)c(Cl)cc2nc1NCCCCN(CC)CC.CCN(CC)CCCCNc1nc2cc(Cl)c(Cl)cc2nc1C1=COCCO1.CCN(CC)CCCCNc1nc2cc(S(=O)(=O)c3ccccc3)ccc2nc1-c1cc2ccccc2n1S(=O)(=O)c1ccccc1.CCN(CC)CCCCNc1nc2cc(S(=O)(=O)c3ccccc3)ccc2nc1-c1cccs1. The van der Waals surface area contributed by atoms with Crippen molar-refractivity contribution in [3.05, 3.63) is 244 Å². The van der Waals surface area contributed by atoms with Crippen LogP contribution in [0.1, 0.15) is 125 Å². The number of sulfone groups is 2. The summed E-state index contributed by atoms with van der Waals surface area (Å²) in [5.41, 5.74) is 7.98. The molecule has 7 heterocycles. The van der Waals surface area contributed by atoms with E-state index in [0.717, 1.165) is 165 Å². The van der Waals surface area contributed by atoms with E-state index in [4.69, 9.17) is 90.5 Å². The molecule has 0 fully saturated rings. The minimum absolute atomic E-state index is 0.101. The van der Waals surface area contributed by atoms with Crippen LogP contribution in [0.15, 0.2) is 237 Å². The van der Waals surface area contributed by atoms with Crippen molar-refractivity contribution < 1.29 is 39.5 Å². The molecule has 0 radical (unpaired) electrons. The highest BCUT2D eigenvalue weighted by atomic mass is 35.5. The Kier molecular flexibility index (Phi) is 39.1. The Balaban J connectivity index is 0.000000168. The van der Waals surface area contributed by atoms with Gasteiger partial charge in [-0.3, -0.25) is 0 Å². The minimum atomic E-state index is -4.04. The van der Waals surface area contributed by atoms with E-state index in [0.29, 0.717) is 154 Å².